The van der Waals surface area contributed by atoms with Crippen LogP contribution in [0.3, 0.4) is 0 Å². The number of imidazole rings is 2. The van der Waals surface area contributed by atoms with Crippen LogP contribution in [0.2, 0.25) is 0 Å². The van der Waals surface area contributed by atoms with Gasteiger partial charge in [-0.3, -0.25) is 14.4 Å². The van der Waals surface area contributed by atoms with Gasteiger partial charge >= 0.3 is 0 Å². The van der Waals surface area contributed by atoms with Crippen molar-refractivity contribution in [1.29, 1.82) is 0 Å². The van der Waals surface area contributed by atoms with Crippen LogP contribution in [-0.4, -0.2) is 28.7 Å². The average Bonchev–Trinajstić information content (AvgIpc) is 3.91. The second-order valence-corrected chi connectivity index (χ2v) is 16.0. The van der Waals surface area contributed by atoms with Gasteiger partial charge < -0.3 is 4.40 Å². The summed E-state index contributed by atoms with van der Waals surface area (Å²) in [6.07, 6.45) is 7.99. The third-order valence-corrected chi connectivity index (χ3v) is 11.7. The second kappa shape index (κ2) is 19.9. The fourth-order valence-electron chi connectivity index (χ4n) is 8.47. The molecular weight excluding hydrogens is 805 g/mol. The Balaban J connectivity index is 0.000000111. The van der Waals surface area contributed by atoms with Crippen molar-refractivity contribution in [1.82, 2.24) is 28.7 Å². The quantitative estimate of drug-likeness (QED) is 0.177. The zero-order chi connectivity index (χ0) is 45.2. The van der Waals surface area contributed by atoms with Crippen molar-refractivity contribution in [2.24, 2.45) is 0 Å². The van der Waals surface area contributed by atoms with E-state index in [4.69, 9.17) is 0 Å². The van der Waals surface area contributed by atoms with Gasteiger partial charge in [-0.2, -0.15) is 0 Å². The second-order valence-electron chi connectivity index (χ2n) is 16.0. The minimum atomic E-state index is 0.999. The molecule has 6 nitrogen and oxygen atoms in total. The zero-order valence-electron chi connectivity index (χ0n) is 37.6. The maximum atomic E-state index is 4.65. The normalized spacial score (nSPS) is 10.7. The molecule has 0 aliphatic heterocycles. The number of nitrogens with zero attached hydrogens (tertiary/aromatic N) is 6. The summed E-state index contributed by atoms with van der Waals surface area (Å²) in [6.45, 7) is 8.35. The molecule has 0 bridgehead atoms. The molecule has 0 fully saturated rings. The highest BCUT2D eigenvalue weighted by Crippen LogP contribution is 2.31. The van der Waals surface area contributed by atoms with Gasteiger partial charge in [0, 0.05) is 69.2 Å². The van der Waals surface area contributed by atoms with Gasteiger partial charge in [0.1, 0.15) is 11.3 Å². The highest BCUT2D eigenvalue weighted by Gasteiger charge is 2.11. The summed E-state index contributed by atoms with van der Waals surface area (Å²) < 4.78 is 4.24. The highest BCUT2D eigenvalue weighted by atomic mass is 15.0. The molecule has 0 amide bonds. The number of aryl methyl sites for hydroxylation is 4. The molecule has 0 spiro atoms. The van der Waals surface area contributed by atoms with Gasteiger partial charge in [-0.15, -0.1) is 0 Å². The van der Waals surface area contributed by atoms with Crippen LogP contribution in [0, 0.1) is 27.7 Å². The van der Waals surface area contributed by atoms with Crippen LogP contribution >= 0.6 is 0 Å². The van der Waals surface area contributed by atoms with E-state index in [1.165, 1.54) is 66.3 Å². The number of rotatable bonds is 4. The summed E-state index contributed by atoms with van der Waals surface area (Å²) >= 11 is 0. The minimum absolute atomic E-state index is 0.999. The Bertz CT molecular complexity index is 3500. The predicted molar refractivity (Wildman–Crippen MR) is 275 cm³/mol. The summed E-state index contributed by atoms with van der Waals surface area (Å²) in [5.74, 6) is 0. The first-order valence-corrected chi connectivity index (χ1v) is 22.2. The van der Waals surface area contributed by atoms with E-state index in [0.29, 0.717) is 0 Å². The van der Waals surface area contributed by atoms with Crippen LogP contribution in [0.4, 0.5) is 0 Å². The molecule has 0 N–H and O–H groups in total. The van der Waals surface area contributed by atoms with Crippen molar-refractivity contribution < 1.29 is 0 Å². The number of hydrogen-bond donors (Lipinski definition) is 0. The monoisotopic (exact) mass is 854 g/mol. The van der Waals surface area contributed by atoms with Gasteiger partial charge in [0.15, 0.2) is 0 Å². The van der Waals surface area contributed by atoms with E-state index < -0.39 is 0 Å². The molecule has 0 atom stereocenters. The van der Waals surface area contributed by atoms with E-state index in [9.17, 15) is 0 Å². The van der Waals surface area contributed by atoms with E-state index >= 15 is 0 Å². The number of fused-ring (bicyclic) bond motifs is 4. The topological polar surface area (TPSA) is 60.4 Å². The largest absolute Gasteiger partial charge is 0.304 e. The SMILES string of the molecule is Cc1c(-c2ccccc2)nc2ccccn12.Cc1c(-c2ccccc2)ncc2ccccc12.Cc1nc2ccccn2c1-c1ccccc1.Cc1ncc2ccccc2c1-c1ccccc1. The fourth-order valence-corrected chi connectivity index (χ4v) is 8.47. The number of pyridine rings is 4. The first-order valence-electron chi connectivity index (χ1n) is 22.2. The lowest BCUT2D eigenvalue weighted by atomic mass is 9.98. The molecule has 6 aromatic carbocycles. The van der Waals surface area contributed by atoms with E-state index in [2.05, 4.69) is 172 Å². The number of hydrogen-bond acceptors (Lipinski definition) is 4. The predicted octanol–water partition coefficient (Wildman–Crippen LogP) is 15.0. The Morgan fingerprint density at radius 1 is 0.348 bits per heavy atom. The van der Waals surface area contributed by atoms with Gasteiger partial charge in [0.05, 0.1) is 22.8 Å². The van der Waals surface area contributed by atoms with Gasteiger partial charge in [-0.25, -0.2) is 9.97 Å². The van der Waals surface area contributed by atoms with Crippen molar-refractivity contribution in [2.75, 3.05) is 0 Å². The van der Waals surface area contributed by atoms with Crippen molar-refractivity contribution in [3.8, 4) is 44.9 Å². The molecular formula is C60H50N6. The molecule has 0 radical (unpaired) electrons. The third kappa shape index (κ3) is 9.26. The lowest BCUT2D eigenvalue weighted by molar-refractivity contribution is 1.11. The number of aromatic nitrogens is 6. The molecule has 0 aliphatic carbocycles. The van der Waals surface area contributed by atoms with E-state index in [1.807, 2.05) is 116 Å². The first-order chi connectivity index (χ1) is 32.4. The Kier molecular flexibility index (Phi) is 12.9. The fraction of sp³-hybridized carbons (Fsp3) is 0.0667. The molecule has 6 heterocycles. The molecule has 0 aliphatic rings. The molecule has 320 valence electrons. The van der Waals surface area contributed by atoms with Crippen molar-refractivity contribution in [3.05, 3.63) is 254 Å². The minimum Gasteiger partial charge on any atom is -0.304 e. The summed E-state index contributed by atoms with van der Waals surface area (Å²) in [6, 6.07) is 70.3. The van der Waals surface area contributed by atoms with Crippen LogP contribution in [0.25, 0.3) is 77.7 Å². The van der Waals surface area contributed by atoms with Crippen molar-refractivity contribution in [2.45, 2.75) is 27.7 Å². The maximum absolute atomic E-state index is 4.65. The maximum Gasteiger partial charge on any atom is 0.137 e. The molecule has 0 saturated heterocycles. The van der Waals surface area contributed by atoms with Crippen LogP contribution in [0.15, 0.2) is 231 Å². The zero-order valence-corrected chi connectivity index (χ0v) is 37.6. The third-order valence-electron chi connectivity index (χ3n) is 11.7. The van der Waals surface area contributed by atoms with Gasteiger partial charge in [-0.1, -0.05) is 182 Å². The van der Waals surface area contributed by atoms with Gasteiger partial charge in [0.2, 0.25) is 0 Å². The Morgan fingerprint density at radius 3 is 1.41 bits per heavy atom. The molecule has 0 unspecified atom stereocenters. The van der Waals surface area contributed by atoms with Crippen LogP contribution in [0.5, 0.6) is 0 Å². The Morgan fingerprint density at radius 2 is 0.803 bits per heavy atom. The lowest BCUT2D eigenvalue weighted by Crippen LogP contribution is -1.89. The molecule has 0 saturated carbocycles. The standard InChI is InChI=1S/2C16H13N.2C14H12N2/c1-12-16(13-7-3-2-4-8-13)15-10-6-5-9-14(15)11-17-12;1-12-15-10-6-5-9-14(15)11-17-16(12)13-7-3-2-4-8-13;1-11-14(12-7-3-2-4-8-12)15-13-9-5-6-10-16(11)13;1-11-14(12-7-3-2-4-8-12)16-10-6-5-9-13(16)15-11/h2*2-11H,1H3;2*2-10H,1H3. The van der Waals surface area contributed by atoms with Crippen LogP contribution in [-0.2, 0) is 0 Å². The summed E-state index contributed by atoms with van der Waals surface area (Å²) in [5.41, 5.74) is 15.9. The van der Waals surface area contributed by atoms with Gasteiger partial charge in [-0.05, 0) is 73.9 Å². The summed E-state index contributed by atoms with van der Waals surface area (Å²) in [4.78, 5) is 18.3. The van der Waals surface area contributed by atoms with E-state index in [0.717, 1.165) is 34.1 Å². The Hall–Kier alpha value is -8.48. The lowest BCUT2D eigenvalue weighted by Gasteiger charge is -2.09. The molecule has 12 aromatic rings. The van der Waals surface area contributed by atoms with E-state index in [1.54, 1.807) is 0 Å². The van der Waals surface area contributed by atoms with Crippen LogP contribution in [0.1, 0.15) is 22.6 Å². The van der Waals surface area contributed by atoms with E-state index in [-0.39, 0.29) is 0 Å². The molecule has 12 rings (SSSR count). The highest BCUT2D eigenvalue weighted by molar-refractivity contribution is 5.97. The van der Waals surface area contributed by atoms with Crippen molar-refractivity contribution >= 4 is 32.8 Å². The number of benzene rings is 6. The summed E-state index contributed by atoms with van der Waals surface area (Å²) in [5, 5.41) is 4.94. The Labute approximate surface area is 386 Å². The van der Waals surface area contributed by atoms with Crippen molar-refractivity contribution in [3.63, 3.8) is 0 Å². The first kappa shape index (κ1) is 42.8. The van der Waals surface area contributed by atoms with Crippen LogP contribution < -0.4 is 0 Å². The molecule has 6 heteroatoms. The molecule has 6 aromatic heterocycles. The van der Waals surface area contributed by atoms with Gasteiger partial charge in [0.25, 0.3) is 0 Å². The molecule has 66 heavy (non-hydrogen) atoms. The smallest absolute Gasteiger partial charge is 0.137 e. The average molecular weight is 855 g/mol. The summed E-state index contributed by atoms with van der Waals surface area (Å²) in [7, 11) is 0.